The maximum absolute atomic E-state index is 12.0. The second-order valence-electron chi connectivity index (χ2n) is 4.28. The standard InChI is InChI=1S/C15H17NO2S/c1-12-5-7-15(8-6-12)19(17)10-9-18-14-4-2-3-13(16)11-14/h2-8,11H,9-10,16H2,1H3. The van der Waals surface area contributed by atoms with E-state index in [1.165, 1.54) is 0 Å². The molecule has 2 aromatic carbocycles. The third kappa shape index (κ3) is 4.10. The first-order chi connectivity index (χ1) is 9.15. The summed E-state index contributed by atoms with van der Waals surface area (Å²) in [6, 6.07) is 15.0. The molecule has 0 saturated carbocycles. The van der Waals surface area contributed by atoms with Crippen LogP contribution in [0.1, 0.15) is 5.56 Å². The maximum Gasteiger partial charge on any atom is 0.121 e. The lowest BCUT2D eigenvalue weighted by Crippen LogP contribution is -2.08. The molecule has 100 valence electrons. The van der Waals surface area contributed by atoms with Crippen LogP contribution in [0.2, 0.25) is 0 Å². The summed E-state index contributed by atoms with van der Waals surface area (Å²) in [7, 11) is -1.03. The molecule has 0 spiro atoms. The zero-order valence-corrected chi connectivity index (χ0v) is 11.7. The van der Waals surface area contributed by atoms with Gasteiger partial charge in [-0.3, -0.25) is 4.21 Å². The average Bonchev–Trinajstić information content (AvgIpc) is 2.39. The van der Waals surface area contributed by atoms with Gasteiger partial charge in [0.05, 0.1) is 16.6 Å². The van der Waals surface area contributed by atoms with E-state index in [-0.39, 0.29) is 0 Å². The van der Waals surface area contributed by atoms with Crippen molar-refractivity contribution < 1.29 is 8.95 Å². The summed E-state index contributed by atoms with van der Waals surface area (Å²) in [6.45, 7) is 2.42. The van der Waals surface area contributed by atoms with Crippen LogP contribution in [0.5, 0.6) is 5.75 Å². The van der Waals surface area contributed by atoms with E-state index in [0.29, 0.717) is 23.8 Å². The molecule has 0 saturated heterocycles. The molecule has 0 aliphatic carbocycles. The molecule has 0 radical (unpaired) electrons. The number of ether oxygens (including phenoxy) is 1. The molecule has 2 rings (SSSR count). The van der Waals surface area contributed by atoms with Gasteiger partial charge < -0.3 is 10.5 Å². The first-order valence-corrected chi connectivity index (χ1v) is 7.40. The van der Waals surface area contributed by atoms with Gasteiger partial charge in [-0.15, -0.1) is 0 Å². The van der Waals surface area contributed by atoms with Crippen LogP contribution in [0.15, 0.2) is 53.4 Å². The molecule has 2 N–H and O–H groups in total. The van der Waals surface area contributed by atoms with E-state index < -0.39 is 10.8 Å². The molecule has 0 aliphatic heterocycles. The molecule has 0 bridgehead atoms. The fourth-order valence-electron chi connectivity index (χ4n) is 1.65. The van der Waals surface area contributed by atoms with Gasteiger partial charge in [-0.1, -0.05) is 23.8 Å². The lowest BCUT2D eigenvalue weighted by atomic mass is 10.2. The number of aryl methyl sites for hydroxylation is 1. The summed E-state index contributed by atoms with van der Waals surface area (Å²) in [5.74, 6) is 1.18. The third-order valence-corrected chi connectivity index (χ3v) is 4.01. The lowest BCUT2D eigenvalue weighted by Gasteiger charge is -2.07. The van der Waals surface area contributed by atoms with Crippen molar-refractivity contribution in [1.82, 2.24) is 0 Å². The number of anilines is 1. The van der Waals surface area contributed by atoms with Gasteiger partial charge in [-0.2, -0.15) is 0 Å². The Morgan fingerprint density at radius 3 is 2.58 bits per heavy atom. The molecular weight excluding hydrogens is 258 g/mol. The minimum atomic E-state index is -1.03. The molecule has 0 fully saturated rings. The number of rotatable bonds is 5. The quantitative estimate of drug-likeness (QED) is 0.854. The average molecular weight is 275 g/mol. The number of benzene rings is 2. The fourth-order valence-corrected chi connectivity index (χ4v) is 2.56. The molecular formula is C15H17NO2S. The smallest absolute Gasteiger partial charge is 0.121 e. The van der Waals surface area contributed by atoms with Crippen molar-refractivity contribution in [3.63, 3.8) is 0 Å². The minimum Gasteiger partial charge on any atom is -0.493 e. The molecule has 0 aliphatic rings. The van der Waals surface area contributed by atoms with E-state index in [4.69, 9.17) is 10.5 Å². The molecule has 0 aromatic heterocycles. The van der Waals surface area contributed by atoms with E-state index in [2.05, 4.69) is 0 Å². The Bertz CT molecular complexity index is 567. The molecule has 2 aromatic rings. The van der Waals surface area contributed by atoms with Crippen LogP contribution in [0.4, 0.5) is 5.69 Å². The maximum atomic E-state index is 12.0. The van der Waals surface area contributed by atoms with Gasteiger partial charge in [0.25, 0.3) is 0 Å². The fraction of sp³-hybridized carbons (Fsp3) is 0.200. The second kappa shape index (κ2) is 6.38. The minimum absolute atomic E-state index is 0.407. The Balaban J connectivity index is 1.86. The second-order valence-corrected chi connectivity index (χ2v) is 5.85. The highest BCUT2D eigenvalue weighted by molar-refractivity contribution is 7.85. The number of hydrogen-bond acceptors (Lipinski definition) is 3. The van der Waals surface area contributed by atoms with E-state index in [1.54, 1.807) is 12.1 Å². The van der Waals surface area contributed by atoms with Crippen LogP contribution in [-0.2, 0) is 10.8 Å². The highest BCUT2D eigenvalue weighted by atomic mass is 32.2. The van der Waals surface area contributed by atoms with E-state index >= 15 is 0 Å². The van der Waals surface area contributed by atoms with Crippen molar-refractivity contribution in [1.29, 1.82) is 0 Å². The molecule has 19 heavy (non-hydrogen) atoms. The van der Waals surface area contributed by atoms with Crippen molar-refractivity contribution in [2.45, 2.75) is 11.8 Å². The highest BCUT2D eigenvalue weighted by Gasteiger charge is 2.04. The first kappa shape index (κ1) is 13.6. The largest absolute Gasteiger partial charge is 0.493 e. The molecule has 1 unspecified atom stereocenters. The van der Waals surface area contributed by atoms with Crippen LogP contribution in [0.25, 0.3) is 0 Å². The first-order valence-electron chi connectivity index (χ1n) is 6.08. The van der Waals surface area contributed by atoms with Crippen LogP contribution in [0.3, 0.4) is 0 Å². The van der Waals surface area contributed by atoms with Gasteiger partial charge in [-0.25, -0.2) is 0 Å². The lowest BCUT2D eigenvalue weighted by molar-refractivity contribution is 0.343. The van der Waals surface area contributed by atoms with Crippen LogP contribution in [-0.4, -0.2) is 16.6 Å². The van der Waals surface area contributed by atoms with Gasteiger partial charge in [0.15, 0.2) is 0 Å². The SMILES string of the molecule is Cc1ccc(S(=O)CCOc2cccc(N)c2)cc1. The summed E-state index contributed by atoms with van der Waals surface area (Å²) in [6.07, 6.45) is 0. The Hall–Kier alpha value is -1.81. The predicted octanol–water partition coefficient (Wildman–Crippen LogP) is 2.76. The Labute approximate surface area is 115 Å². The highest BCUT2D eigenvalue weighted by Crippen LogP contribution is 2.15. The van der Waals surface area contributed by atoms with Crippen molar-refractivity contribution >= 4 is 16.5 Å². The summed E-state index contributed by atoms with van der Waals surface area (Å²) >= 11 is 0. The molecule has 0 heterocycles. The summed E-state index contributed by atoms with van der Waals surface area (Å²) in [5, 5.41) is 0. The Morgan fingerprint density at radius 2 is 1.89 bits per heavy atom. The van der Waals surface area contributed by atoms with Gasteiger partial charge in [0, 0.05) is 16.6 Å². The number of nitrogen functional groups attached to an aromatic ring is 1. The van der Waals surface area contributed by atoms with E-state index in [1.807, 2.05) is 43.3 Å². The zero-order valence-electron chi connectivity index (χ0n) is 10.8. The number of hydrogen-bond donors (Lipinski definition) is 1. The third-order valence-electron chi connectivity index (χ3n) is 2.68. The monoisotopic (exact) mass is 275 g/mol. The van der Waals surface area contributed by atoms with Gasteiger partial charge in [0.1, 0.15) is 12.4 Å². The Morgan fingerprint density at radius 1 is 1.16 bits per heavy atom. The zero-order chi connectivity index (χ0) is 13.7. The van der Waals surface area contributed by atoms with Gasteiger partial charge >= 0.3 is 0 Å². The van der Waals surface area contributed by atoms with Crippen molar-refractivity contribution in [2.24, 2.45) is 0 Å². The van der Waals surface area contributed by atoms with E-state index in [9.17, 15) is 4.21 Å². The van der Waals surface area contributed by atoms with Crippen molar-refractivity contribution in [3.8, 4) is 5.75 Å². The topological polar surface area (TPSA) is 52.3 Å². The summed E-state index contributed by atoms with van der Waals surface area (Å²) in [4.78, 5) is 0.835. The van der Waals surface area contributed by atoms with Crippen molar-refractivity contribution in [2.75, 3.05) is 18.1 Å². The molecule has 1 atom stereocenters. The summed E-state index contributed by atoms with van der Waals surface area (Å²) < 4.78 is 17.5. The summed E-state index contributed by atoms with van der Waals surface area (Å²) in [5.41, 5.74) is 7.48. The van der Waals surface area contributed by atoms with Gasteiger partial charge in [-0.05, 0) is 31.2 Å². The molecule has 3 nitrogen and oxygen atoms in total. The molecule has 0 amide bonds. The van der Waals surface area contributed by atoms with E-state index in [0.717, 1.165) is 10.5 Å². The number of nitrogens with two attached hydrogens (primary N) is 1. The predicted molar refractivity (Wildman–Crippen MR) is 78.8 cm³/mol. The normalized spacial score (nSPS) is 12.1. The molecule has 4 heteroatoms. The van der Waals surface area contributed by atoms with Crippen molar-refractivity contribution in [3.05, 3.63) is 54.1 Å². The van der Waals surface area contributed by atoms with Crippen LogP contribution >= 0.6 is 0 Å². The Kier molecular flexibility index (Phi) is 4.58. The van der Waals surface area contributed by atoms with Gasteiger partial charge in [0.2, 0.25) is 0 Å². The van der Waals surface area contributed by atoms with Crippen LogP contribution in [0, 0.1) is 6.92 Å². The van der Waals surface area contributed by atoms with Crippen LogP contribution < -0.4 is 10.5 Å².